The Morgan fingerprint density at radius 3 is 2.72 bits per heavy atom. The number of carbonyl (C=O) groups is 1. The zero-order chi connectivity index (χ0) is 19.8. The van der Waals surface area contributed by atoms with Crippen molar-refractivity contribution < 1.29 is 4.79 Å². The van der Waals surface area contributed by atoms with Crippen molar-refractivity contribution in [3.63, 3.8) is 0 Å². The number of nitrogens with zero attached hydrogens (tertiary/aromatic N) is 4. The van der Waals surface area contributed by atoms with Crippen LogP contribution in [0.1, 0.15) is 29.3 Å². The molecule has 5 rings (SSSR count). The third-order valence-corrected chi connectivity index (χ3v) is 4.81. The number of aromatic amines is 2. The van der Waals surface area contributed by atoms with Crippen LogP contribution in [-0.2, 0) is 0 Å². The maximum atomic E-state index is 12.7. The van der Waals surface area contributed by atoms with Gasteiger partial charge in [-0.2, -0.15) is 5.10 Å². The van der Waals surface area contributed by atoms with Crippen molar-refractivity contribution in [1.29, 1.82) is 0 Å². The quantitative estimate of drug-likeness (QED) is 0.440. The molecule has 0 saturated heterocycles. The fourth-order valence-electron chi connectivity index (χ4n) is 3.33. The van der Waals surface area contributed by atoms with Crippen LogP contribution in [0.25, 0.3) is 33.2 Å². The Labute approximate surface area is 165 Å². The first-order valence-corrected chi connectivity index (χ1v) is 9.19. The van der Waals surface area contributed by atoms with Gasteiger partial charge >= 0.3 is 0 Å². The molecule has 0 saturated carbocycles. The molecule has 0 spiro atoms. The smallest absolute Gasteiger partial charge is 0.287 e. The number of amides is 1. The predicted molar refractivity (Wildman–Crippen MR) is 109 cm³/mol. The lowest BCUT2D eigenvalue weighted by atomic mass is 10.1. The van der Waals surface area contributed by atoms with Crippen LogP contribution in [0.3, 0.4) is 0 Å². The van der Waals surface area contributed by atoms with Gasteiger partial charge in [0, 0.05) is 29.5 Å². The van der Waals surface area contributed by atoms with E-state index in [0.717, 1.165) is 33.4 Å². The monoisotopic (exact) mass is 383 g/mol. The van der Waals surface area contributed by atoms with Gasteiger partial charge in [-0.15, -0.1) is 0 Å². The highest BCUT2D eigenvalue weighted by Gasteiger charge is 2.17. The molecule has 4 heterocycles. The van der Waals surface area contributed by atoms with Crippen molar-refractivity contribution in [2.24, 2.45) is 0 Å². The van der Waals surface area contributed by atoms with Gasteiger partial charge in [0.05, 0.1) is 28.3 Å². The highest BCUT2D eigenvalue weighted by molar-refractivity contribution is 6.02. The summed E-state index contributed by atoms with van der Waals surface area (Å²) in [7, 11) is 0. The molecule has 5 aromatic rings. The van der Waals surface area contributed by atoms with Gasteiger partial charge in [0.25, 0.3) is 5.91 Å². The van der Waals surface area contributed by atoms with Crippen LogP contribution in [0, 0.1) is 0 Å². The number of imidazole rings is 1. The van der Waals surface area contributed by atoms with Crippen molar-refractivity contribution in [3.8, 4) is 11.3 Å². The van der Waals surface area contributed by atoms with Crippen LogP contribution in [-0.4, -0.2) is 36.0 Å². The minimum atomic E-state index is -0.282. The van der Waals surface area contributed by atoms with Crippen LogP contribution in [0.4, 0.5) is 0 Å². The molecule has 0 radical (unpaired) electrons. The summed E-state index contributed by atoms with van der Waals surface area (Å²) in [4.78, 5) is 28.6. The summed E-state index contributed by atoms with van der Waals surface area (Å²) in [6.07, 6.45) is 5.16. The Balaban J connectivity index is 1.48. The number of fused-ring (bicyclic) bond motifs is 2. The van der Waals surface area contributed by atoms with Crippen LogP contribution in [0.2, 0.25) is 0 Å². The summed E-state index contributed by atoms with van der Waals surface area (Å²) in [6.45, 7) is 1.89. The molecule has 8 heteroatoms. The minimum Gasteiger partial charge on any atom is -0.341 e. The normalized spacial score (nSPS) is 12.3. The van der Waals surface area contributed by atoms with E-state index >= 15 is 0 Å². The molecular formula is C21H17N7O. The number of benzene rings is 1. The zero-order valence-corrected chi connectivity index (χ0v) is 15.5. The van der Waals surface area contributed by atoms with E-state index in [1.807, 2.05) is 49.4 Å². The van der Waals surface area contributed by atoms with Crippen LogP contribution < -0.4 is 5.32 Å². The molecule has 0 bridgehead atoms. The number of H-pyrrole nitrogens is 2. The van der Waals surface area contributed by atoms with Gasteiger partial charge in [0.1, 0.15) is 5.69 Å². The molecule has 4 aromatic heterocycles. The molecule has 0 unspecified atom stereocenters. The van der Waals surface area contributed by atoms with Crippen LogP contribution in [0.15, 0.2) is 61.1 Å². The van der Waals surface area contributed by atoms with Crippen LogP contribution in [0.5, 0.6) is 0 Å². The third-order valence-electron chi connectivity index (χ3n) is 4.81. The summed E-state index contributed by atoms with van der Waals surface area (Å²) in [5.74, 6) is -0.0237. The van der Waals surface area contributed by atoms with E-state index in [1.54, 1.807) is 18.6 Å². The summed E-state index contributed by atoms with van der Waals surface area (Å²) in [6, 6.07) is 13.0. The molecule has 0 aliphatic heterocycles. The summed E-state index contributed by atoms with van der Waals surface area (Å²) in [5, 5.41) is 11.3. The maximum absolute atomic E-state index is 12.7. The van der Waals surface area contributed by atoms with E-state index in [4.69, 9.17) is 0 Å². The Hall–Kier alpha value is -4.07. The third kappa shape index (κ3) is 3.10. The molecule has 1 atom stereocenters. The average Bonchev–Trinajstić information content (AvgIpc) is 3.36. The molecule has 1 amide bonds. The highest BCUT2D eigenvalue weighted by Crippen LogP contribution is 2.28. The SMILES string of the molecule is C[C@@H](NC(=O)c1nc2cc3c(-c4ccncc4)n[nH]c3cc2[nH]1)c1ccccn1. The van der Waals surface area contributed by atoms with E-state index in [1.165, 1.54) is 0 Å². The van der Waals surface area contributed by atoms with Crippen molar-refractivity contribution in [3.05, 3.63) is 72.6 Å². The molecule has 8 nitrogen and oxygen atoms in total. The average molecular weight is 383 g/mol. The lowest BCUT2D eigenvalue weighted by Gasteiger charge is -2.11. The number of aromatic nitrogens is 6. The Bertz CT molecular complexity index is 1310. The number of hydrogen-bond acceptors (Lipinski definition) is 5. The molecular weight excluding hydrogens is 366 g/mol. The molecule has 3 N–H and O–H groups in total. The van der Waals surface area contributed by atoms with Gasteiger partial charge in [-0.3, -0.25) is 19.9 Å². The molecule has 0 aliphatic carbocycles. The topological polar surface area (TPSA) is 112 Å². The second-order valence-corrected chi connectivity index (χ2v) is 6.76. The van der Waals surface area contributed by atoms with E-state index in [0.29, 0.717) is 5.52 Å². The van der Waals surface area contributed by atoms with Gasteiger partial charge in [0.15, 0.2) is 5.82 Å². The molecule has 1 aromatic carbocycles. The fraction of sp³-hybridized carbons (Fsp3) is 0.0952. The first-order chi connectivity index (χ1) is 14.2. The van der Waals surface area contributed by atoms with E-state index in [2.05, 4.69) is 35.5 Å². The van der Waals surface area contributed by atoms with Crippen LogP contribution >= 0.6 is 0 Å². The van der Waals surface area contributed by atoms with Gasteiger partial charge in [-0.05, 0) is 43.3 Å². The molecule has 0 fully saturated rings. The van der Waals surface area contributed by atoms with Crippen molar-refractivity contribution in [2.45, 2.75) is 13.0 Å². The molecule has 29 heavy (non-hydrogen) atoms. The molecule has 0 aliphatic rings. The van der Waals surface area contributed by atoms with Gasteiger partial charge < -0.3 is 10.3 Å². The van der Waals surface area contributed by atoms with E-state index in [-0.39, 0.29) is 17.8 Å². The maximum Gasteiger partial charge on any atom is 0.287 e. The summed E-state index contributed by atoms with van der Waals surface area (Å²) >= 11 is 0. The van der Waals surface area contributed by atoms with Gasteiger partial charge in [0.2, 0.25) is 0 Å². The van der Waals surface area contributed by atoms with E-state index < -0.39 is 0 Å². The number of nitrogens with one attached hydrogen (secondary N) is 3. The van der Waals surface area contributed by atoms with Crippen molar-refractivity contribution >= 4 is 27.8 Å². The number of rotatable bonds is 4. The number of pyridine rings is 2. The zero-order valence-electron chi connectivity index (χ0n) is 15.5. The molecule has 142 valence electrons. The standard InChI is InChI=1S/C21H17N7O/c1-12(15-4-2-3-7-23-15)24-21(29)20-25-17-10-14-16(11-18(17)26-20)27-28-19(14)13-5-8-22-9-6-13/h2-12H,1H3,(H,24,29)(H,25,26)(H,27,28)/t12-/m1/s1. The second kappa shape index (κ2) is 6.83. The Morgan fingerprint density at radius 1 is 1.07 bits per heavy atom. The fourth-order valence-corrected chi connectivity index (χ4v) is 3.33. The summed E-state index contributed by atoms with van der Waals surface area (Å²) in [5.41, 5.74) is 4.90. The number of carbonyl (C=O) groups excluding carboxylic acids is 1. The lowest BCUT2D eigenvalue weighted by Crippen LogP contribution is -2.28. The van der Waals surface area contributed by atoms with Gasteiger partial charge in [-0.25, -0.2) is 4.98 Å². The van der Waals surface area contributed by atoms with Crippen molar-refractivity contribution in [1.82, 2.24) is 35.5 Å². The largest absolute Gasteiger partial charge is 0.341 e. The van der Waals surface area contributed by atoms with Crippen molar-refractivity contribution in [2.75, 3.05) is 0 Å². The number of hydrogen-bond donors (Lipinski definition) is 3. The minimum absolute atomic E-state index is 0.228. The highest BCUT2D eigenvalue weighted by atomic mass is 16.2. The predicted octanol–water partition coefficient (Wildman–Crippen LogP) is 3.39. The van der Waals surface area contributed by atoms with Gasteiger partial charge in [-0.1, -0.05) is 6.07 Å². The summed E-state index contributed by atoms with van der Waals surface area (Å²) < 4.78 is 0. The Kier molecular flexibility index (Phi) is 4.02. The first-order valence-electron chi connectivity index (χ1n) is 9.19. The Morgan fingerprint density at radius 2 is 1.93 bits per heavy atom. The van der Waals surface area contributed by atoms with E-state index in [9.17, 15) is 4.79 Å². The lowest BCUT2D eigenvalue weighted by molar-refractivity contribution is 0.0930. The first kappa shape index (κ1) is 17.1. The second-order valence-electron chi connectivity index (χ2n) is 6.76.